The summed E-state index contributed by atoms with van der Waals surface area (Å²) in [7, 11) is 0. The zero-order chi connectivity index (χ0) is 14.3. The van der Waals surface area contributed by atoms with Gasteiger partial charge in [-0.15, -0.1) is 22.7 Å². The normalized spacial score (nSPS) is 12.8. The number of H-pyrrole nitrogens is 1. The molecule has 0 bridgehead atoms. The third-order valence-corrected chi connectivity index (χ3v) is 5.55. The van der Waals surface area contributed by atoms with E-state index in [4.69, 9.17) is 12.2 Å². The van der Waals surface area contributed by atoms with Crippen LogP contribution in [0.3, 0.4) is 0 Å². The second-order valence-corrected chi connectivity index (χ2v) is 7.13. The first-order chi connectivity index (χ1) is 9.58. The predicted octanol–water partition coefficient (Wildman–Crippen LogP) is 4.35. The Balaban J connectivity index is 2.13. The summed E-state index contributed by atoms with van der Waals surface area (Å²) in [4.78, 5) is 6.86. The zero-order valence-corrected chi connectivity index (χ0v) is 13.8. The number of thiazole rings is 1. The van der Waals surface area contributed by atoms with E-state index in [1.54, 1.807) is 22.7 Å². The number of hydrogen-bond acceptors (Lipinski definition) is 5. The van der Waals surface area contributed by atoms with E-state index in [-0.39, 0.29) is 6.04 Å². The second-order valence-electron chi connectivity index (χ2n) is 4.56. The number of rotatable bonds is 3. The molecule has 7 heteroatoms. The molecule has 1 unspecified atom stereocenters. The van der Waals surface area contributed by atoms with Gasteiger partial charge in [0.05, 0.1) is 26.5 Å². The van der Waals surface area contributed by atoms with Crippen molar-refractivity contribution in [2.75, 3.05) is 0 Å². The van der Waals surface area contributed by atoms with Crippen molar-refractivity contribution in [3.05, 3.63) is 37.9 Å². The van der Waals surface area contributed by atoms with Gasteiger partial charge >= 0.3 is 0 Å². The van der Waals surface area contributed by atoms with Crippen LogP contribution in [0.25, 0.3) is 10.7 Å². The van der Waals surface area contributed by atoms with Gasteiger partial charge in [-0.2, -0.15) is 5.10 Å². The van der Waals surface area contributed by atoms with Crippen molar-refractivity contribution in [3.63, 3.8) is 0 Å². The molecular weight excluding hydrogens is 308 g/mol. The van der Waals surface area contributed by atoms with Crippen molar-refractivity contribution < 1.29 is 0 Å². The zero-order valence-electron chi connectivity index (χ0n) is 11.4. The third-order valence-electron chi connectivity index (χ3n) is 3.15. The molecule has 3 rings (SSSR count). The molecule has 0 aromatic carbocycles. The van der Waals surface area contributed by atoms with Crippen molar-refractivity contribution in [1.29, 1.82) is 0 Å². The molecule has 0 aliphatic rings. The Labute approximate surface area is 130 Å². The Morgan fingerprint density at radius 3 is 2.80 bits per heavy atom. The van der Waals surface area contributed by atoms with E-state index in [0.29, 0.717) is 4.77 Å². The standard InChI is InChI=1S/C13H14N4S3/c1-7-11(20-9(3)14-7)8(2)17-12(15-16-13(17)18)10-5-4-6-19-10/h4-6,8H,1-3H3,(H,16,18). The van der Waals surface area contributed by atoms with Gasteiger partial charge in [0.2, 0.25) is 0 Å². The molecule has 104 valence electrons. The average molecular weight is 322 g/mol. The summed E-state index contributed by atoms with van der Waals surface area (Å²) in [6.45, 7) is 6.22. The summed E-state index contributed by atoms with van der Waals surface area (Å²) < 4.78 is 2.72. The molecule has 20 heavy (non-hydrogen) atoms. The molecule has 0 aliphatic heterocycles. The molecule has 3 aromatic heterocycles. The summed E-state index contributed by atoms with van der Waals surface area (Å²) >= 11 is 8.79. The number of nitrogens with one attached hydrogen (secondary N) is 1. The van der Waals surface area contributed by atoms with E-state index in [9.17, 15) is 0 Å². The van der Waals surface area contributed by atoms with E-state index in [0.717, 1.165) is 21.4 Å². The molecule has 0 fully saturated rings. The highest BCUT2D eigenvalue weighted by atomic mass is 32.1. The summed E-state index contributed by atoms with van der Waals surface area (Å²) in [5, 5.41) is 10.4. The topological polar surface area (TPSA) is 46.5 Å². The Kier molecular flexibility index (Phi) is 3.57. The number of nitrogens with zero attached hydrogens (tertiary/aromatic N) is 3. The molecule has 1 atom stereocenters. The molecule has 3 heterocycles. The quantitative estimate of drug-likeness (QED) is 0.729. The van der Waals surface area contributed by atoms with Crippen LogP contribution in [0.2, 0.25) is 0 Å². The second kappa shape index (κ2) is 5.23. The Hall–Kier alpha value is -1.31. The Bertz CT molecular complexity index is 779. The number of aromatic amines is 1. The summed E-state index contributed by atoms with van der Waals surface area (Å²) in [6, 6.07) is 4.21. The van der Waals surface area contributed by atoms with Crippen LogP contribution in [0.5, 0.6) is 0 Å². The van der Waals surface area contributed by atoms with Gasteiger partial charge in [-0.1, -0.05) is 6.07 Å². The summed E-state index contributed by atoms with van der Waals surface area (Å²) in [5.74, 6) is 0.892. The highest BCUT2D eigenvalue weighted by Gasteiger charge is 2.20. The molecule has 4 nitrogen and oxygen atoms in total. The van der Waals surface area contributed by atoms with Gasteiger partial charge in [-0.3, -0.25) is 9.67 Å². The minimum atomic E-state index is 0.129. The maximum absolute atomic E-state index is 5.41. The molecule has 0 aliphatic carbocycles. The number of aryl methyl sites for hydroxylation is 2. The van der Waals surface area contributed by atoms with Gasteiger partial charge in [0.15, 0.2) is 10.6 Å². The Morgan fingerprint density at radius 2 is 2.20 bits per heavy atom. The maximum atomic E-state index is 5.41. The molecule has 0 saturated heterocycles. The lowest BCUT2D eigenvalue weighted by atomic mass is 10.2. The highest BCUT2D eigenvalue weighted by molar-refractivity contribution is 7.71. The highest BCUT2D eigenvalue weighted by Crippen LogP contribution is 2.32. The first-order valence-corrected chi connectivity index (χ1v) is 8.33. The molecule has 1 N–H and O–H groups in total. The van der Waals surface area contributed by atoms with Gasteiger partial charge in [-0.25, -0.2) is 4.98 Å². The van der Waals surface area contributed by atoms with Crippen molar-refractivity contribution in [2.24, 2.45) is 0 Å². The molecule has 0 amide bonds. The van der Waals surface area contributed by atoms with Crippen LogP contribution in [-0.2, 0) is 0 Å². The van der Waals surface area contributed by atoms with Gasteiger partial charge in [0.1, 0.15) is 0 Å². The largest absolute Gasteiger partial charge is 0.291 e. The first-order valence-electron chi connectivity index (χ1n) is 6.22. The average Bonchev–Trinajstić information content (AvgIpc) is 3.08. The number of hydrogen-bond donors (Lipinski definition) is 1. The van der Waals surface area contributed by atoms with E-state index in [1.807, 2.05) is 25.3 Å². The minimum Gasteiger partial charge on any atom is -0.291 e. The van der Waals surface area contributed by atoms with Crippen molar-refractivity contribution in [1.82, 2.24) is 19.7 Å². The van der Waals surface area contributed by atoms with E-state index < -0.39 is 0 Å². The van der Waals surface area contributed by atoms with Crippen LogP contribution in [0.15, 0.2) is 17.5 Å². The van der Waals surface area contributed by atoms with E-state index >= 15 is 0 Å². The molecular formula is C13H14N4S3. The number of thiophene rings is 1. The molecule has 0 spiro atoms. The van der Waals surface area contributed by atoms with Gasteiger partial charge < -0.3 is 0 Å². The van der Waals surface area contributed by atoms with Crippen molar-refractivity contribution in [2.45, 2.75) is 26.8 Å². The van der Waals surface area contributed by atoms with E-state index in [1.165, 1.54) is 4.88 Å². The summed E-state index contributed by atoms with van der Waals surface area (Å²) in [6.07, 6.45) is 0. The lowest BCUT2D eigenvalue weighted by Gasteiger charge is -2.14. The van der Waals surface area contributed by atoms with Crippen LogP contribution in [-0.4, -0.2) is 19.7 Å². The molecule has 0 saturated carbocycles. The maximum Gasteiger partial charge on any atom is 0.196 e. The fraction of sp³-hybridized carbons (Fsp3) is 0.308. The van der Waals surface area contributed by atoms with Crippen LogP contribution in [0, 0.1) is 18.6 Å². The monoisotopic (exact) mass is 322 g/mol. The van der Waals surface area contributed by atoms with Crippen LogP contribution in [0.1, 0.15) is 28.5 Å². The van der Waals surface area contributed by atoms with Crippen LogP contribution >= 0.6 is 34.9 Å². The van der Waals surface area contributed by atoms with Gasteiger partial charge in [-0.05, 0) is 44.4 Å². The van der Waals surface area contributed by atoms with E-state index in [2.05, 4.69) is 32.7 Å². The lowest BCUT2D eigenvalue weighted by Crippen LogP contribution is -2.08. The number of aromatic nitrogens is 4. The van der Waals surface area contributed by atoms with Crippen molar-refractivity contribution in [3.8, 4) is 10.7 Å². The van der Waals surface area contributed by atoms with Crippen LogP contribution < -0.4 is 0 Å². The molecule has 3 aromatic rings. The Morgan fingerprint density at radius 1 is 1.40 bits per heavy atom. The lowest BCUT2D eigenvalue weighted by molar-refractivity contribution is 0.641. The molecule has 0 radical (unpaired) electrons. The minimum absolute atomic E-state index is 0.129. The fourth-order valence-electron chi connectivity index (χ4n) is 2.30. The third kappa shape index (κ3) is 2.25. The first kappa shape index (κ1) is 13.7. The summed E-state index contributed by atoms with van der Waals surface area (Å²) in [5.41, 5.74) is 1.07. The fourth-order valence-corrected chi connectivity index (χ4v) is 4.27. The SMILES string of the molecule is Cc1nc(C)c(C(C)n2c(-c3cccs3)n[nH]c2=S)s1. The smallest absolute Gasteiger partial charge is 0.196 e. The van der Waals surface area contributed by atoms with Crippen LogP contribution in [0.4, 0.5) is 0 Å². The van der Waals surface area contributed by atoms with Gasteiger partial charge in [0, 0.05) is 0 Å². The van der Waals surface area contributed by atoms with Crippen molar-refractivity contribution >= 4 is 34.9 Å². The van der Waals surface area contributed by atoms with Gasteiger partial charge in [0.25, 0.3) is 0 Å². The predicted molar refractivity (Wildman–Crippen MR) is 86.1 cm³/mol.